The van der Waals surface area contributed by atoms with Gasteiger partial charge in [0.2, 0.25) is 5.88 Å². The van der Waals surface area contributed by atoms with Crippen molar-refractivity contribution in [2.45, 2.75) is 32.7 Å². The molecule has 0 spiro atoms. The first-order chi connectivity index (χ1) is 18.1. The van der Waals surface area contributed by atoms with Crippen LogP contribution in [0.5, 0.6) is 17.4 Å². The number of carbonyl (C=O) groups is 1. The third-order valence-corrected chi connectivity index (χ3v) is 6.85. The topological polar surface area (TPSA) is 134 Å². The monoisotopic (exact) mass is 532 g/mol. The van der Waals surface area contributed by atoms with E-state index in [-0.39, 0.29) is 22.3 Å². The molecule has 2 heterocycles. The van der Waals surface area contributed by atoms with Crippen molar-refractivity contribution in [3.8, 4) is 28.6 Å². The average molecular weight is 533 g/mol. The second kappa shape index (κ2) is 10.9. The molecule has 0 aliphatic carbocycles. The average Bonchev–Trinajstić information content (AvgIpc) is 2.86. The smallest absolute Gasteiger partial charge is 0.281 e. The summed E-state index contributed by atoms with van der Waals surface area (Å²) in [5, 5.41) is -0.381. The van der Waals surface area contributed by atoms with E-state index in [9.17, 15) is 13.2 Å². The first-order valence-corrected chi connectivity index (χ1v) is 13.4. The Bertz CT molecular complexity index is 1600. The van der Waals surface area contributed by atoms with Gasteiger partial charge in [-0.05, 0) is 75.2 Å². The number of pyridine rings is 2. The zero-order chi connectivity index (χ0) is 27.4. The maximum Gasteiger partial charge on any atom is 0.281 e. The number of nitrogen functional groups attached to an aromatic ring is 1. The number of ether oxygens (including phenoxy) is 2. The van der Waals surface area contributed by atoms with Crippen molar-refractivity contribution in [3.63, 3.8) is 0 Å². The van der Waals surface area contributed by atoms with E-state index in [4.69, 9.17) is 15.2 Å². The van der Waals surface area contributed by atoms with Crippen molar-refractivity contribution in [1.29, 1.82) is 0 Å². The SMILES string of the molecule is CCOc1ccccc1-c1ccc(C(=O)NS(=O)(=O)c2cccc(N)n2)c(Oc2c(C)cc(C)cc2C)n1. The Morgan fingerprint density at radius 1 is 0.947 bits per heavy atom. The summed E-state index contributed by atoms with van der Waals surface area (Å²) in [6.45, 7) is 8.09. The molecule has 0 aliphatic rings. The molecule has 2 aromatic heterocycles. The fourth-order valence-corrected chi connectivity index (χ4v) is 4.98. The second-order valence-corrected chi connectivity index (χ2v) is 10.3. The minimum Gasteiger partial charge on any atom is -0.493 e. The zero-order valence-corrected chi connectivity index (χ0v) is 22.3. The van der Waals surface area contributed by atoms with Crippen molar-refractivity contribution >= 4 is 21.7 Å². The highest BCUT2D eigenvalue weighted by Gasteiger charge is 2.25. The Hall–Kier alpha value is -4.44. The number of rotatable bonds is 8. The first kappa shape index (κ1) is 26.6. The highest BCUT2D eigenvalue weighted by Crippen LogP contribution is 2.35. The summed E-state index contributed by atoms with van der Waals surface area (Å²) in [5.74, 6) is 0.158. The molecule has 2 aromatic carbocycles. The number of benzene rings is 2. The quantitative estimate of drug-likeness (QED) is 0.325. The van der Waals surface area contributed by atoms with Gasteiger partial charge in [0.15, 0.2) is 5.03 Å². The van der Waals surface area contributed by atoms with Crippen LogP contribution in [0.2, 0.25) is 0 Å². The van der Waals surface area contributed by atoms with Crippen LogP contribution in [0.3, 0.4) is 0 Å². The fourth-order valence-electron chi connectivity index (χ4n) is 4.03. The predicted molar refractivity (Wildman–Crippen MR) is 145 cm³/mol. The third-order valence-electron chi connectivity index (χ3n) is 5.62. The van der Waals surface area contributed by atoms with E-state index in [1.165, 1.54) is 24.3 Å². The van der Waals surface area contributed by atoms with Crippen molar-refractivity contribution in [2.75, 3.05) is 12.3 Å². The van der Waals surface area contributed by atoms with Crippen LogP contribution in [0, 0.1) is 20.8 Å². The highest BCUT2D eigenvalue weighted by molar-refractivity contribution is 7.90. The molecule has 38 heavy (non-hydrogen) atoms. The van der Waals surface area contributed by atoms with Crippen LogP contribution in [0.1, 0.15) is 34.0 Å². The molecular formula is C28H28N4O5S. The van der Waals surface area contributed by atoms with Gasteiger partial charge < -0.3 is 15.2 Å². The van der Waals surface area contributed by atoms with E-state index in [1.54, 1.807) is 6.07 Å². The number of hydrogen-bond acceptors (Lipinski definition) is 8. The Balaban J connectivity index is 1.80. The molecule has 0 radical (unpaired) electrons. The summed E-state index contributed by atoms with van der Waals surface area (Å²) >= 11 is 0. The van der Waals surface area contributed by atoms with Crippen LogP contribution >= 0.6 is 0 Å². The maximum absolute atomic E-state index is 13.3. The van der Waals surface area contributed by atoms with E-state index >= 15 is 0 Å². The molecule has 0 bridgehead atoms. The van der Waals surface area contributed by atoms with Gasteiger partial charge >= 0.3 is 0 Å². The minimum absolute atomic E-state index is 0.00801. The number of hydrogen-bond donors (Lipinski definition) is 2. The molecule has 0 fully saturated rings. The van der Waals surface area contributed by atoms with Crippen molar-refractivity contribution in [3.05, 3.63) is 89.0 Å². The molecule has 196 valence electrons. The van der Waals surface area contributed by atoms with Gasteiger partial charge in [0.05, 0.1) is 12.3 Å². The number of anilines is 1. The summed E-state index contributed by atoms with van der Waals surface area (Å²) < 4.78 is 39.7. The molecule has 4 aromatic rings. The minimum atomic E-state index is -4.31. The number of carbonyl (C=O) groups excluding carboxylic acids is 1. The molecule has 0 atom stereocenters. The molecule has 3 N–H and O–H groups in total. The molecule has 0 saturated carbocycles. The van der Waals surface area contributed by atoms with E-state index < -0.39 is 15.9 Å². The summed E-state index contributed by atoms with van der Waals surface area (Å²) in [7, 11) is -4.31. The van der Waals surface area contributed by atoms with E-state index in [0.717, 1.165) is 16.7 Å². The summed E-state index contributed by atoms with van der Waals surface area (Å²) in [6, 6.07) is 18.5. The van der Waals surface area contributed by atoms with Crippen LogP contribution in [0.25, 0.3) is 11.3 Å². The molecule has 10 heteroatoms. The number of nitrogens with zero attached hydrogens (tertiary/aromatic N) is 2. The number of aromatic nitrogens is 2. The van der Waals surface area contributed by atoms with Crippen LogP contribution in [-0.2, 0) is 10.0 Å². The standard InChI is InChI=1S/C28H28N4O5S/c1-5-36-23-10-7-6-9-20(23)22-14-13-21(27(33)32-38(34,35)25-12-8-11-24(29)31-25)28(30-22)37-26-18(3)15-17(2)16-19(26)4/h6-16H,5H2,1-4H3,(H2,29,31)(H,32,33). The Morgan fingerprint density at radius 2 is 1.66 bits per heavy atom. The Kier molecular flexibility index (Phi) is 7.63. The molecular weight excluding hydrogens is 504 g/mol. The highest BCUT2D eigenvalue weighted by atomic mass is 32.2. The Labute approximate surface area is 221 Å². The summed E-state index contributed by atoms with van der Waals surface area (Å²) in [6.07, 6.45) is 0. The molecule has 0 saturated heterocycles. The van der Waals surface area contributed by atoms with E-state index in [1.807, 2.05) is 68.8 Å². The normalized spacial score (nSPS) is 11.2. The fraction of sp³-hybridized carbons (Fsp3) is 0.179. The maximum atomic E-state index is 13.3. The molecule has 0 aliphatic heterocycles. The van der Waals surface area contributed by atoms with Crippen LogP contribution < -0.4 is 19.9 Å². The number of sulfonamides is 1. The van der Waals surface area contributed by atoms with Gasteiger partial charge in [-0.15, -0.1) is 0 Å². The number of para-hydroxylation sites is 1. The molecule has 0 unspecified atom stereocenters. The number of aryl methyl sites for hydroxylation is 3. The zero-order valence-electron chi connectivity index (χ0n) is 21.5. The van der Waals surface area contributed by atoms with E-state index in [2.05, 4.69) is 9.97 Å². The van der Waals surface area contributed by atoms with Gasteiger partial charge in [0.25, 0.3) is 15.9 Å². The molecule has 9 nitrogen and oxygen atoms in total. The van der Waals surface area contributed by atoms with Gasteiger partial charge in [-0.1, -0.05) is 35.9 Å². The largest absolute Gasteiger partial charge is 0.493 e. The Morgan fingerprint density at radius 3 is 2.34 bits per heavy atom. The lowest BCUT2D eigenvalue weighted by Crippen LogP contribution is -2.31. The van der Waals surface area contributed by atoms with Crippen molar-refractivity contribution in [1.82, 2.24) is 14.7 Å². The summed E-state index contributed by atoms with van der Waals surface area (Å²) in [4.78, 5) is 21.7. The third kappa shape index (κ3) is 5.76. The van der Waals surface area contributed by atoms with Gasteiger partial charge in [-0.3, -0.25) is 4.79 Å². The van der Waals surface area contributed by atoms with Crippen molar-refractivity contribution in [2.24, 2.45) is 0 Å². The van der Waals surface area contributed by atoms with E-state index in [0.29, 0.717) is 29.4 Å². The lowest BCUT2D eigenvalue weighted by atomic mass is 10.1. The van der Waals surface area contributed by atoms with Gasteiger partial charge in [-0.2, -0.15) is 8.42 Å². The first-order valence-electron chi connectivity index (χ1n) is 11.9. The molecule has 4 rings (SSSR count). The van der Waals surface area contributed by atoms with Crippen LogP contribution in [-0.4, -0.2) is 30.9 Å². The lowest BCUT2D eigenvalue weighted by molar-refractivity contribution is 0.0978. The van der Waals surface area contributed by atoms with Gasteiger partial charge in [-0.25, -0.2) is 14.7 Å². The number of nitrogens with two attached hydrogens (primary N) is 1. The van der Waals surface area contributed by atoms with Crippen LogP contribution in [0.15, 0.2) is 71.8 Å². The van der Waals surface area contributed by atoms with Gasteiger partial charge in [0, 0.05) is 5.56 Å². The van der Waals surface area contributed by atoms with Crippen molar-refractivity contribution < 1.29 is 22.7 Å². The van der Waals surface area contributed by atoms with Gasteiger partial charge in [0.1, 0.15) is 22.9 Å². The number of nitrogens with one attached hydrogen (secondary N) is 1. The second-order valence-electron chi connectivity index (χ2n) is 8.64. The van der Waals surface area contributed by atoms with Crippen LogP contribution in [0.4, 0.5) is 5.82 Å². The lowest BCUT2D eigenvalue weighted by Gasteiger charge is -2.16. The predicted octanol–water partition coefficient (Wildman–Crippen LogP) is 4.96. The molecule has 1 amide bonds. The summed E-state index contributed by atoms with van der Waals surface area (Å²) in [5.41, 5.74) is 9.47. The number of amides is 1.